The van der Waals surface area contributed by atoms with Crippen LogP contribution in [0.5, 0.6) is 0 Å². The smallest absolute Gasteiger partial charge is 0.0950 e. The van der Waals surface area contributed by atoms with Gasteiger partial charge in [-0.3, -0.25) is 0 Å². The van der Waals surface area contributed by atoms with E-state index >= 15 is 0 Å². The van der Waals surface area contributed by atoms with Crippen molar-refractivity contribution < 1.29 is 0 Å². The van der Waals surface area contributed by atoms with E-state index in [0.29, 0.717) is 5.92 Å². The van der Waals surface area contributed by atoms with Gasteiger partial charge in [-0.1, -0.05) is 25.1 Å². The van der Waals surface area contributed by atoms with Gasteiger partial charge in [-0.2, -0.15) is 10.2 Å². The zero-order valence-electron chi connectivity index (χ0n) is 10.6. The standard InChI is InChI=1S/C14H18N4/c1-10-6-7-18(9-12(10)15)14-8-16-17-13-5-3-2-4-11(13)14/h2-5,8,10,12H,6-7,9,15H2,1H3. The minimum absolute atomic E-state index is 0.241. The van der Waals surface area contributed by atoms with Crippen LogP contribution in [0.3, 0.4) is 0 Å². The van der Waals surface area contributed by atoms with E-state index in [1.165, 1.54) is 0 Å². The Hall–Kier alpha value is -1.68. The van der Waals surface area contributed by atoms with Gasteiger partial charge in [0.1, 0.15) is 0 Å². The molecule has 1 aliphatic heterocycles. The summed E-state index contributed by atoms with van der Waals surface area (Å²) in [5.74, 6) is 0.599. The van der Waals surface area contributed by atoms with Crippen LogP contribution in [-0.2, 0) is 0 Å². The molecule has 3 rings (SSSR count). The van der Waals surface area contributed by atoms with Crippen LogP contribution in [0.25, 0.3) is 10.9 Å². The summed E-state index contributed by atoms with van der Waals surface area (Å²) in [7, 11) is 0. The second-order valence-corrected chi connectivity index (χ2v) is 5.12. The van der Waals surface area contributed by atoms with Crippen molar-refractivity contribution >= 4 is 16.6 Å². The van der Waals surface area contributed by atoms with Gasteiger partial charge in [0.25, 0.3) is 0 Å². The first-order valence-corrected chi connectivity index (χ1v) is 6.46. The molecule has 0 amide bonds. The lowest BCUT2D eigenvalue weighted by Gasteiger charge is -2.36. The maximum Gasteiger partial charge on any atom is 0.0950 e. The van der Waals surface area contributed by atoms with E-state index in [9.17, 15) is 0 Å². The fourth-order valence-electron chi connectivity index (χ4n) is 2.56. The van der Waals surface area contributed by atoms with Gasteiger partial charge in [0.2, 0.25) is 0 Å². The van der Waals surface area contributed by atoms with E-state index in [1.807, 2.05) is 24.4 Å². The van der Waals surface area contributed by atoms with Gasteiger partial charge in [0.15, 0.2) is 0 Å². The molecule has 1 aliphatic rings. The molecule has 1 saturated heterocycles. The van der Waals surface area contributed by atoms with Crippen molar-refractivity contribution in [1.82, 2.24) is 10.2 Å². The van der Waals surface area contributed by atoms with Crippen LogP contribution in [0.4, 0.5) is 5.69 Å². The molecule has 4 nitrogen and oxygen atoms in total. The van der Waals surface area contributed by atoms with Gasteiger partial charge >= 0.3 is 0 Å². The molecule has 0 saturated carbocycles. The number of fused-ring (bicyclic) bond motifs is 1. The van der Waals surface area contributed by atoms with Crippen LogP contribution in [-0.4, -0.2) is 29.3 Å². The molecule has 2 atom stereocenters. The average molecular weight is 242 g/mol. The summed E-state index contributed by atoms with van der Waals surface area (Å²) >= 11 is 0. The molecular weight excluding hydrogens is 224 g/mol. The Morgan fingerprint density at radius 1 is 1.33 bits per heavy atom. The maximum atomic E-state index is 6.17. The van der Waals surface area contributed by atoms with E-state index < -0.39 is 0 Å². The topological polar surface area (TPSA) is 55.0 Å². The van der Waals surface area contributed by atoms with Gasteiger partial charge in [-0.15, -0.1) is 0 Å². The van der Waals surface area contributed by atoms with Crippen molar-refractivity contribution in [3.63, 3.8) is 0 Å². The highest BCUT2D eigenvalue weighted by atomic mass is 15.2. The molecule has 94 valence electrons. The summed E-state index contributed by atoms with van der Waals surface area (Å²) in [5, 5.41) is 9.42. The summed E-state index contributed by atoms with van der Waals surface area (Å²) in [6.07, 6.45) is 2.99. The van der Waals surface area contributed by atoms with Crippen LogP contribution in [0.1, 0.15) is 13.3 Å². The normalized spacial score (nSPS) is 24.4. The fraction of sp³-hybridized carbons (Fsp3) is 0.429. The van der Waals surface area contributed by atoms with Gasteiger partial charge in [-0.05, 0) is 18.4 Å². The van der Waals surface area contributed by atoms with Crippen LogP contribution in [0.2, 0.25) is 0 Å². The molecule has 0 radical (unpaired) electrons. The summed E-state index contributed by atoms with van der Waals surface area (Å²) in [5.41, 5.74) is 8.27. The number of nitrogens with zero attached hydrogens (tertiary/aromatic N) is 3. The van der Waals surface area contributed by atoms with Gasteiger partial charge in [0, 0.05) is 24.5 Å². The van der Waals surface area contributed by atoms with Gasteiger partial charge in [-0.25, -0.2) is 0 Å². The lowest BCUT2D eigenvalue weighted by molar-refractivity contribution is 0.379. The molecule has 4 heteroatoms. The first kappa shape index (κ1) is 11.4. The molecule has 1 aromatic carbocycles. The number of rotatable bonds is 1. The molecule has 2 N–H and O–H groups in total. The Morgan fingerprint density at radius 3 is 3.00 bits per heavy atom. The summed E-state index contributed by atoms with van der Waals surface area (Å²) in [6.45, 7) is 4.17. The third-order valence-corrected chi connectivity index (χ3v) is 3.88. The van der Waals surface area contributed by atoms with Gasteiger partial charge in [0.05, 0.1) is 17.4 Å². The molecular formula is C14H18N4. The highest BCUT2D eigenvalue weighted by Crippen LogP contribution is 2.27. The van der Waals surface area contributed by atoms with Crippen LogP contribution >= 0.6 is 0 Å². The monoisotopic (exact) mass is 242 g/mol. The predicted octanol–water partition coefficient (Wildman–Crippen LogP) is 1.80. The Kier molecular flexibility index (Phi) is 2.88. The van der Waals surface area contributed by atoms with Crippen LogP contribution in [0.15, 0.2) is 30.5 Å². The van der Waals surface area contributed by atoms with Crippen LogP contribution < -0.4 is 10.6 Å². The third kappa shape index (κ3) is 1.93. The number of aromatic nitrogens is 2. The van der Waals surface area contributed by atoms with Crippen LogP contribution in [0, 0.1) is 5.92 Å². The fourth-order valence-corrected chi connectivity index (χ4v) is 2.56. The molecule has 2 unspecified atom stereocenters. The minimum atomic E-state index is 0.241. The number of anilines is 1. The van der Waals surface area contributed by atoms with Crippen molar-refractivity contribution in [2.24, 2.45) is 11.7 Å². The molecule has 2 heterocycles. The lowest BCUT2D eigenvalue weighted by atomic mass is 9.94. The van der Waals surface area contributed by atoms with E-state index in [4.69, 9.17) is 5.73 Å². The molecule has 0 aliphatic carbocycles. The molecule has 18 heavy (non-hydrogen) atoms. The van der Waals surface area contributed by atoms with Crippen molar-refractivity contribution in [2.45, 2.75) is 19.4 Å². The quantitative estimate of drug-likeness (QED) is 0.828. The van der Waals surface area contributed by atoms with E-state index in [0.717, 1.165) is 36.1 Å². The van der Waals surface area contributed by atoms with E-state index in [-0.39, 0.29) is 6.04 Å². The highest BCUT2D eigenvalue weighted by molar-refractivity contribution is 5.90. The predicted molar refractivity (Wildman–Crippen MR) is 73.5 cm³/mol. The summed E-state index contributed by atoms with van der Waals surface area (Å²) < 4.78 is 0. The largest absolute Gasteiger partial charge is 0.368 e. The van der Waals surface area contributed by atoms with Crippen molar-refractivity contribution in [3.05, 3.63) is 30.5 Å². The second-order valence-electron chi connectivity index (χ2n) is 5.12. The maximum absolute atomic E-state index is 6.17. The Bertz CT molecular complexity index is 549. The average Bonchev–Trinajstić information content (AvgIpc) is 2.41. The summed E-state index contributed by atoms with van der Waals surface area (Å²) in [6, 6.07) is 8.37. The van der Waals surface area contributed by atoms with Gasteiger partial charge < -0.3 is 10.6 Å². The zero-order chi connectivity index (χ0) is 12.5. The Labute approximate surface area is 107 Å². The number of benzene rings is 1. The molecule has 0 bridgehead atoms. The molecule has 2 aromatic rings. The molecule has 0 spiro atoms. The lowest BCUT2D eigenvalue weighted by Crippen LogP contribution is -2.47. The SMILES string of the molecule is CC1CCN(c2cnnc3ccccc23)CC1N. The Morgan fingerprint density at radius 2 is 2.17 bits per heavy atom. The highest BCUT2D eigenvalue weighted by Gasteiger charge is 2.24. The zero-order valence-corrected chi connectivity index (χ0v) is 10.6. The van der Waals surface area contributed by atoms with Crippen molar-refractivity contribution in [1.29, 1.82) is 0 Å². The second kappa shape index (κ2) is 4.53. The van der Waals surface area contributed by atoms with E-state index in [2.05, 4.69) is 28.1 Å². The van der Waals surface area contributed by atoms with Crippen molar-refractivity contribution in [3.8, 4) is 0 Å². The third-order valence-electron chi connectivity index (χ3n) is 3.88. The number of hydrogen-bond donors (Lipinski definition) is 1. The first-order chi connectivity index (χ1) is 8.75. The number of piperidine rings is 1. The Balaban J connectivity index is 1.99. The van der Waals surface area contributed by atoms with Crippen molar-refractivity contribution in [2.75, 3.05) is 18.0 Å². The van der Waals surface area contributed by atoms with E-state index in [1.54, 1.807) is 0 Å². The summed E-state index contributed by atoms with van der Waals surface area (Å²) in [4.78, 5) is 2.34. The number of nitrogens with two attached hydrogens (primary N) is 1. The molecule has 1 aromatic heterocycles. The number of hydrogen-bond acceptors (Lipinski definition) is 4. The molecule has 1 fully saturated rings. The minimum Gasteiger partial charge on any atom is -0.368 e. The first-order valence-electron chi connectivity index (χ1n) is 6.46.